The summed E-state index contributed by atoms with van der Waals surface area (Å²) in [6.45, 7) is 4.22. The van der Waals surface area contributed by atoms with Gasteiger partial charge in [-0.25, -0.2) is 0 Å². The molecule has 4 nitrogen and oxygen atoms in total. The topological polar surface area (TPSA) is 49.8 Å². The number of nitrogens with zero attached hydrogens (tertiary/aromatic N) is 1. The summed E-state index contributed by atoms with van der Waals surface area (Å²) in [5.41, 5.74) is 0. The molecule has 0 aromatic rings. The summed E-state index contributed by atoms with van der Waals surface area (Å²) in [5.74, 6) is 0.0298. The van der Waals surface area contributed by atoms with Crippen LogP contribution in [0, 0.1) is 0 Å². The Kier molecular flexibility index (Phi) is 3.49. The van der Waals surface area contributed by atoms with Crippen molar-refractivity contribution in [1.29, 1.82) is 0 Å². The minimum Gasteiger partial charge on any atom is -0.391 e. The Morgan fingerprint density at radius 2 is 2.50 bits per heavy atom. The predicted molar refractivity (Wildman–Crippen MR) is 43.7 cm³/mol. The molecule has 1 amide bonds. The highest BCUT2D eigenvalue weighted by Crippen LogP contribution is 2.09. The molecule has 1 saturated heterocycles. The van der Waals surface area contributed by atoms with Crippen molar-refractivity contribution in [3.8, 4) is 0 Å². The summed E-state index contributed by atoms with van der Waals surface area (Å²) in [6.07, 6.45) is -0.203. The highest BCUT2D eigenvalue weighted by atomic mass is 16.5. The van der Waals surface area contributed by atoms with E-state index in [1.165, 1.54) is 0 Å². The molecule has 1 unspecified atom stereocenters. The van der Waals surface area contributed by atoms with Crippen LogP contribution in [0.1, 0.15) is 13.3 Å². The van der Waals surface area contributed by atoms with Crippen LogP contribution in [-0.2, 0) is 9.53 Å². The van der Waals surface area contributed by atoms with Gasteiger partial charge in [-0.1, -0.05) is 0 Å². The van der Waals surface area contributed by atoms with E-state index in [0.717, 1.165) is 0 Å². The average Bonchev–Trinajstić information content (AvgIpc) is 2.31. The lowest BCUT2D eigenvalue weighted by molar-refractivity contribution is -0.128. The lowest BCUT2D eigenvalue weighted by Gasteiger charge is -2.14. The lowest BCUT2D eigenvalue weighted by Crippen LogP contribution is -2.29. The van der Waals surface area contributed by atoms with E-state index >= 15 is 0 Å². The van der Waals surface area contributed by atoms with Crippen molar-refractivity contribution >= 4 is 5.91 Å². The third kappa shape index (κ3) is 2.46. The monoisotopic (exact) mass is 173 g/mol. The summed E-state index contributed by atoms with van der Waals surface area (Å²) >= 11 is 0. The molecule has 0 spiro atoms. The standard InChI is InChI=1S/C8H15NO3/c1-2-12-4-3-9-6-7(10)5-8(9)11/h7,10H,2-6H2,1H3. The smallest absolute Gasteiger partial charge is 0.225 e. The fourth-order valence-corrected chi connectivity index (χ4v) is 1.29. The van der Waals surface area contributed by atoms with Crippen LogP contribution in [-0.4, -0.2) is 48.3 Å². The van der Waals surface area contributed by atoms with Gasteiger partial charge in [-0.05, 0) is 6.92 Å². The minimum absolute atomic E-state index is 0.0298. The molecule has 0 radical (unpaired) electrons. The van der Waals surface area contributed by atoms with E-state index in [9.17, 15) is 4.79 Å². The Hall–Kier alpha value is -0.610. The van der Waals surface area contributed by atoms with Gasteiger partial charge in [0.05, 0.1) is 19.1 Å². The number of rotatable bonds is 4. The zero-order chi connectivity index (χ0) is 8.97. The molecule has 0 saturated carbocycles. The van der Waals surface area contributed by atoms with Crippen molar-refractivity contribution in [2.45, 2.75) is 19.4 Å². The van der Waals surface area contributed by atoms with Gasteiger partial charge in [0.1, 0.15) is 0 Å². The molecule has 1 rings (SSSR count). The van der Waals surface area contributed by atoms with E-state index in [0.29, 0.717) is 26.3 Å². The van der Waals surface area contributed by atoms with E-state index in [4.69, 9.17) is 9.84 Å². The normalized spacial score (nSPS) is 23.7. The maximum atomic E-state index is 11.1. The lowest BCUT2D eigenvalue weighted by atomic mass is 10.3. The Labute approximate surface area is 72.1 Å². The van der Waals surface area contributed by atoms with Gasteiger partial charge in [0.2, 0.25) is 5.91 Å². The maximum absolute atomic E-state index is 11.1. The molecule has 4 heteroatoms. The second kappa shape index (κ2) is 4.42. The van der Waals surface area contributed by atoms with Gasteiger partial charge in [-0.15, -0.1) is 0 Å². The van der Waals surface area contributed by atoms with Crippen LogP contribution >= 0.6 is 0 Å². The van der Waals surface area contributed by atoms with Gasteiger partial charge in [0.15, 0.2) is 0 Å². The Bertz CT molecular complexity index is 160. The summed E-state index contributed by atoms with van der Waals surface area (Å²) in [4.78, 5) is 12.7. The second-order valence-electron chi connectivity index (χ2n) is 2.89. The number of carbonyl (C=O) groups excluding carboxylic acids is 1. The van der Waals surface area contributed by atoms with Gasteiger partial charge in [-0.2, -0.15) is 0 Å². The minimum atomic E-state index is -0.473. The van der Waals surface area contributed by atoms with E-state index in [-0.39, 0.29) is 12.3 Å². The van der Waals surface area contributed by atoms with Gasteiger partial charge >= 0.3 is 0 Å². The summed E-state index contributed by atoms with van der Waals surface area (Å²) < 4.78 is 5.10. The second-order valence-corrected chi connectivity index (χ2v) is 2.89. The number of ether oxygens (including phenoxy) is 1. The zero-order valence-electron chi connectivity index (χ0n) is 7.32. The molecule has 1 atom stereocenters. The molecule has 1 heterocycles. The number of amides is 1. The van der Waals surface area contributed by atoms with Gasteiger partial charge in [-0.3, -0.25) is 4.79 Å². The number of hydrogen-bond acceptors (Lipinski definition) is 3. The molecule has 0 aliphatic carbocycles. The van der Waals surface area contributed by atoms with Crippen molar-refractivity contribution in [1.82, 2.24) is 4.90 Å². The summed E-state index contributed by atoms with van der Waals surface area (Å²) in [7, 11) is 0. The molecule has 0 bridgehead atoms. The molecule has 12 heavy (non-hydrogen) atoms. The quantitative estimate of drug-likeness (QED) is 0.589. The third-order valence-electron chi connectivity index (χ3n) is 1.90. The Balaban J connectivity index is 2.19. The van der Waals surface area contributed by atoms with Gasteiger partial charge in [0.25, 0.3) is 0 Å². The first-order valence-corrected chi connectivity index (χ1v) is 4.27. The van der Waals surface area contributed by atoms with E-state index in [1.54, 1.807) is 4.90 Å². The van der Waals surface area contributed by atoms with Gasteiger partial charge in [0, 0.05) is 19.7 Å². The number of likely N-dealkylation sites (tertiary alicyclic amines) is 1. The largest absolute Gasteiger partial charge is 0.391 e. The first kappa shape index (κ1) is 9.48. The molecule has 1 aliphatic rings. The SMILES string of the molecule is CCOCCN1CC(O)CC1=O. The highest BCUT2D eigenvalue weighted by molar-refractivity contribution is 5.78. The van der Waals surface area contributed by atoms with Crippen LogP contribution in [0.5, 0.6) is 0 Å². The van der Waals surface area contributed by atoms with Crippen LogP contribution in [0.4, 0.5) is 0 Å². The van der Waals surface area contributed by atoms with Crippen molar-refractivity contribution in [2.75, 3.05) is 26.3 Å². The molecular formula is C8H15NO3. The first-order chi connectivity index (χ1) is 5.74. The highest BCUT2D eigenvalue weighted by Gasteiger charge is 2.27. The van der Waals surface area contributed by atoms with Crippen molar-refractivity contribution in [2.24, 2.45) is 0 Å². The Morgan fingerprint density at radius 3 is 3.00 bits per heavy atom. The number of carbonyl (C=O) groups is 1. The Morgan fingerprint density at radius 1 is 1.75 bits per heavy atom. The van der Waals surface area contributed by atoms with E-state index < -0.39 is 6.10 Å². The van der Waals surface area contributed by atoms with E-state index in [2.05, 4.69) is 0 Å². The number of hydrogen-bond donors (Lipinski definition) is 1. The van der Waals surface area contributed by atoms with Crippen molar-refractivity contribution in [3.05, 3.63) is 0 Å². The molecule has 1 aliphatic heterocycles. The molecule has 70 valence electrons. The van der Waals surface area contributed by atoms with Crippen LogP contribution in [0.3, 0.4) is 0 Å². The van der Waals surface area contributed by atoms with Crippen LogP contribution in [0.25, 0.3) is 0 Å². The molecule has 0 aromatic heterocycles. The van der Waals surface area contributed by atoms with Crippen LogP contribution in [0.2, 0.25) is 0 Å². The van der Waals surface area contributed by atoms with Crippen molar-refractivity contribution < 1.29 is 14.6 Å². The zero-order valence-corrected chi connectivity index (χ0v) is 7.32. The third-order valence-corrected chi connectivity index (χ3v) is 1.90. The molecule has 1 N–H and O–H groups in total. The van der Waals surface area contributed by atoms with Gasteiger partial charge < -0.3 is 14.7 Å². The molecular weight excluding hydrogens is 158 g/mol. The fraction of sp³-hybridized carbons (Fsp3) is 0.875. The average molecular weight is 173 g/mol. The number of β-amino-alcohol motifs (C(OH)–C–C–N with tert-alkyl or cyclic N) is 1. The molecule has 1 fully saturated rings. The van der Waals surface area contributed by atoms with Crippen molar-refractivity contribution in [3.63, 3.8) is 0 Å². The van der Waals surface area contributed by atoms with E-state index in [1.807, 2.05) is 6.92 Å². The fourth-order valence-electron chi connectivity index (χ4n) is 1.29. The molecule has 0 aromatic carbocycles. The van der Waals surface area contributed by atoms with Crippen LogP contribution in [0.15, 0.2) is 0 Å². The maximum Gasteiger partial charge on any atom is 0.225 e. The number of aliphatic hydroxyl groups excluding tert-OH is 1. The number of aliphatic hydroxyl groups is 1. The first-order valence-electron chi connectivity index (χ1n) is 4.27. The van der Waals surface area contributed by atoms with Crippen LogP contribution < -0.4 is 0 Å². The predicted octanol–water partition coefficient (Wildman–Crippen LogP) is -0.384. The summed E-state index contributed by atoms with van der Waals surface area (Å²) in [5, 5.41) is 9.12. The summed E-state index contributed by atoms with van der Waals surface area (Å²) in [6, 6.07) is 0.